The molecule has 0 aliphatic carbocycles. The Kier molecular flexibility index (Phi) is 3.77. The second kappa shape index (κ2) is 5.55. The van der Waals surface area contributed by atoms with Crippen molar-refractivity contribution in [2.24, 2.45) is 0 Å². The zero-order valence-electron chi connectivity index (χ0n) is 12.4. The molecule has 0 bridgehead atoms. The Hall–Kier alpha value is -1.38. The fourth-order valence-corrected chi connectivity index (χ4v) is 3.07. The predicted octanol–water partition coefficient (Wildman–Crippen LogP) is 3.89. The molecule has 1 N–H and O–H groups in total. The van der Waals surface area contributed by atoms with Crippen LogP contribution in [0.2, 0.25) is 0 Å². The minimum absolute atomic E-state index is 0.00934. The molecular weight excluding hydrogens is 246 g/mol. The van der Waals surface area contributed by atoms with E-state index in [0.29, 0.717) is 6.04 Å². The maximum Gasteiger partial charge on any atom is 0.0804 e. The van der Waals surface area contributed by atoms with Crippen LogP contribution in [0.4, 0.5) is 0 Å². The summed E-state index contributed by atoms with van der Waals surface area (Å²) in [6.45, 7) is 6.25. The molecule has 1 fully saturated rings. The van der Waals surface area contributed by atoms with E-state index in [-0.39, 0.29) is 5.60 Å². The highest BCUT2D eigenvalue weighted by molar-refractivity contribution is 5.85. The molecule has 0 aromatic heterocycles. The summed E-state index contributed by atoms with van der Waals surface area (Å²) in [7, 11) is 0. The van der Waals surface area contributed by atoms with Gasteiger partial charge in [0.05, 0.1) is 5.60 Å². The van der Waals surface area contributed by atoms with E-state index in [4.69, 9.17) is 4.74 Å². The van der Waals surface area contributed by atoms with Gasteiger partial charge in [-0.1, -0.05) is 42.5 Å². The lowest BCUT2D eigenvalue weighted by Crippen LogP contribution is -2.46. The third-order valence-corrected chi connectivity index (χ3v) is 4.64. The number of nitrogens with one attached hydrogen (secondary N) is 1. The monoisotopic (exact) mass is 269 g/mol. The number of ether oxygens (including phenoxy) is 1. The maximum absolute atomic E-state index is 5.92. The molecule has 0 saturated carbocycles. The number of hydrogen-bond acceptors (Lipinski definition) is 2. The minimum Gasteiger partial charge on any atom is -0.374 e. The van der Waals surface area contributed by atoms with Crippen LogP contribution in [0.15, 0.2) is 42.5 Å². The quantitative estimate of drug-likeness (QED) is 0.909. The summed E-state index contributed by atoms with van der Waals surface area (Å²) in [5.41, 5.74) is 1.35. The van der Waals surface area contributed by atoms with E-state index in [2.05, 4.69) is 61.6 Å². The van der Waals surface area contributed by atoms with Crippen LogP contribution < -0.4 is 5.32 Å². The molecule has 0 amide bonds. The fraction of sp³-hybridized carbons (Fsp3) is 0.444. The van der Waals surface area contributed by atoms with Gasteiger partial charge >= 0.3 is 0 Å². The first-order valence-corrected chi connectivity index (χ1v) is 7.53. The van der Waals surface area contributed by atoms with E-state index in [9.17, 15) is 0 Å². The summed E-state index contributed by atoms with van der Waals surface area (Å²) in [6, 6.07) is 15.5. The summed E-state index contributed by atoms with van der Waals surface area (Å²) in [4.78, 5) is 0. The maximum atomic E-state index is 5.92. The van der Waals surface area contributed by atoms with Crippen molar-refractivity contribution in [1.29, 1.82) is 0 Å². The van der Waals surface area contributed by atoms with Crippen LogP contribution in [0.25, 0.3) is 10.8 Å². The average Bonchev–Trinajstić information content (AvgIpc) is 2.93. The average molecular weight is 269 g/mol. The van der Waals surface area contributed by atoms with Gasteiger partial charge in [-0.2, -0.15) is 0 Å². The van der Waals surface area contributed by atoms with Gasteiger partial charge in [0.2, 0.25) is 0 Å². The smallest absolute Gasteiger partial charge is 0.0804 e. The van der Waals surface area contributed by atoms with Crippen molar-refractivity contribution in [2.75, 3.05) is 6.61 Å². The van der Waals surface area contributed by atoms with Gasteiger partial charge in [-0.3, -0.25) is 0 Å². The lowest BCUT2D eigenvalue weighted by molar-refractivity contribution is -0.00694. The number of fused-ring (bicyclic) bond motifs is 1. The van der Waals surface area contributed by atoms with Crippen molar-refractivity contribution in [3.8, 4) is 0 Å². The standard InChI is InChI=1S/C18H23NO/c1-14(18(2)11-6-12-20-18)19-13-16-9-5-8-15-7-3-4-10-17(15)16/h3-5,7-10,14,19H,6,11-13H2,1-2H3/t14-,18-/m0/s1. The first-order chi connectivity index (χ1) is 9.69. The Morgan fingerprint density at radius 2 is 2.00 bits per heavy atom. The van der Waals surface area contributed by atoms with E-state index in [1.807, 2.05) is 0 Å². The molecule has 2 nitrogen and oxygen atoms in total. The summed E-state index contributed by atoms with van der Waals surface area (Å²) < 4.78 is 5.92. The van der Waals surface area contributed by atoms with Crippen LogP contribution in [0.3, 0.4) is 0 Å². The molecule has 0 unspecified atom stereocenters. The third kappa shape index (κ3) is 2.58. The summed E-state index contributed by atoms with van der Waals surface area (Å²) in [5.74, 6) is 0. The largest absolute Gasteiger partial charge is 0.374 e. The molecule has 2 heteroatoms. The molecule has 0 radical (unpaired) electrons. The Bertz CT molecular complexity index is 581. The van der Waals surface area contributed by atoms with Gasteiger partial charge in [-0.15, -0.1) is 0 Å². The number of hydrogen-bond donors (Lipinski definition) is 1. The molecule has 0 spiro atoms. The lowest BCUT2D eigenvalue weighted by Gasteiger charge is -2.31. The second-order valence-corrected chi connectivity index (χ2v) is 6.01. The van der Waals surface area contributed by atoms with E-state index >= 15 is 0 Å². The minimum atomic E-state index is -0.00934. The molecule has 20 heavy (non-hydrogen) atoms. The third-order valence-electron chi connectivity index (χ3n) is 4.64. The Balaban J connectivity index is 1.74. The molecule has 1 saturated heterocycles. The summed E-state index contributed by atoms with van der Waals surface area (Å²) >= 11 is 0. The SMILES string of the molecule is C[C@H](NCc1cccc2ccccc12)[C@]1(C)CCCO1. The van der Waals surface area contributed by atoms with Crippen LogP contribution in [0.1, 0.15) is 32.3 Å². The predicted molar refractivity (Wildman–Crippen MR) is 83.8 cm³/mol. The molecule has 2 atom stereocenters. The molecule has 3 rings (SSSR count). The Morgan fingerprint density at radius 1 is 1.20 bits per heavy atom. The highest BCUT2D eigenvalue weighted by atomic mass is 16.5. The van der Waals surface area contributed by atoms with E-state index in [1.54, 1.807) is 0 Å². The van der Waals surface area contributed by atoms with Crippen molar-refractivity contribution in [1.82, 2.24) is 5.32 Å². The second-order valence-electron chi connectivity index (χ2n) is 6.01. The van der Waals surface area contributed by atoms with Crippen LogP contribution in [-0.4, -0.2) is 18.2 Å². The van der Waals surface area contributed by atoms with Gasteiger partial charge in [-0.05, 0) is 43.0 Å². The van der Waals surface area contributed by atoms with E-state index in [0.717, 1.165) is 19.6 Å². The van der Waals surface area contributed by atoms with Gasteiger partial charge in [-0.25, -0.2) is 0 Å². The summed E-state index contributed by atoms with van der Waals surface area (Å²) in [6.07, 6.45) is 2.33. The van der Waals surface area contributed by atoms with E-state index in [1.165, 1.54) is 22.8 Å². The van der Waals surface area contributed by atoms with Gasteiger partial charge in [0.25, 0.3) is 0 Å². The van der Waals surface area contributed by atoms with Crippen molar-refractivity contribution < 1.29 is 4.74 Å². The topological polar surface area (TPSA) is 21.3 Å². The molecule has 2 aromatic rings. The van der Waals surface area contributed by atoms with Gasteiger partial charge in [0.1, 0.15) is 0 Å². The van der Waals surface area contributed by atoms with Crippen LogP contribution in [-0.2, 0) is 11.3 Å². The molecule has 1 aliphatic heterocycles. The van der Waals surface area contributed by atoms with Gasteiger partial charge < -0.3 is 10.1 Å². The highest BCUT2D eigenvalue weighted by Crippen LogP contribution is 2.29. The first kappa shape index (κ1) is 13.6. The van der Waals surface area contributed by atoms with E-state index < -0.39 is 0 Å². The first-order valence-electron chi connectivity index (χ1n) is 7.53. The van der Waals surface area contributed by atoms with Gasteiger partial charge in [0.15, 0.2) is 0 Å². The zero-order chi connectivity index (χ0) is 14.0. The van der Waals surface area contributed by atoms with Crippen molar-refractivity contribution in [2.45, 2.75) is 44.9 Å². The van der Waals surface area contributed by atoms with Crippen LogP contribution in [0.5, 0.6) is 0 Å². The Labute approximate surface area is 121 Å². The van der Waals surface area contributed by atoms with Crippen molar-refractivity contribution in [3.05, 3.63) is 48.0 Å². The van der Waals surface area contributed by atoms with Crippen molar-refractivity contribution >= 4 is 10.8 Å². The molecule has 2 aromatic carbocycles. The summed E-state index contributed by atoms with van der Waals surface area (Å²) in [5, 5.41) is 6.30. The molecular formula is C18H23NO. The van der Waals surface area contributed by atoms with Gasteiger partial charge in [0, 0.05) is 19.2 Å². The normalized spacial score (nSPS) is 24.1. The molecule has 1 aliphatic rings. The number of benzene rings is 2. The lowest BCUT2D eigenvalue weighted by atomic mass is 9.94. The van der Waals surface area contributed by atoms with Crippen LogP contribution in [0, 0.1) is 0 Å². The highest BCUT2D eigenvalue weighted by Gasteiger charge is 2.35. The van der Waals surface area contributed by atoms with Crippen LogP contribution >= 0.6 is 0 Å². The molecule has 106 valence electrons. The number of rotatable bonds is 4. The van der Waals surface area contributed by atoms with Crippen molar-refractivity contribution in [3.63, 3.8) is 0 Å². The Morgan fingerprint density at radius 3 is 2.80 bits per heavy atom. The molecule has 1 heterocycles. The fourth-order valence-electron chi connectivity index (χ4n) is 3.07. The zero-order valence-corrected chi connectivity index (χ0v) is 12.4.